The Morgan fingerprint density at radius 2 is 1.77 bits per heavy atom. The van der Waals surface area contributed by atoms with Crippen LogP contribution in [0.2, 0.25) is 0 Å². The summed E-state index contributed by atoms with van der Waals surface area (Å²) in [7, 11) is 1.57. The molecule has 0 spiro atoms. The Kier molecular flexibility index (Phi) is 7.32. The minimum absolute atomic E-state index is 0.0879. The number of carbonyl (C=O) groups excluding carboxylic acids is 3. The van der Waals surface area contributed by atoms with Crippen LogP contribution in [0.4, 0.5) is 0 Å². The molecule has 39 heavy (non-hydrogen) atoms. The minimum atomic E-state index is -1.10. The molecule has 2 aromatic rings. The van der Waals surface area contributed by atoms with Crippen LogP contribution < -0.4 is 19.5 Å². The summed E-state index contributed by atoms with van der Waals surface area (Å²) < 4.78 is 27.3. The molecular weight excluding hydrogens is 502 g/mol. The number of methoxy groups -OCH3 is 1. The lowest BCUT2D eigenvalue weighted by Crippen LogP contribution is -2.43. The van der Waals surface area contributed by atoms with E-state index >= 15 is 0 Å². The monoisotopic (exact) mass is 533 g/mol. The molecule has 1 N–H and O–H groups in total. The van der Waals surface area contributed by atoms with E-state index in [9.17, 15) is 14.4 Å². The van der Waals surface area contributed by atoms with Crippen LogP contribution in [0, 0.1) is 5.92 Å². The summed E-state index contributed by atoms with van der Waals surface area (Å²) in [5, 5.41) is 3.31. The molecule has 3 atom stereocenters. The van der Waals surface area contributed by atoms with Crippen molar-refractivity contribution in [3.05, 3.63) is 76.1 Å². The zero-order valence-corrected chi connectivity index (χ0v) is 22.4. The molecule has 0 saturated heterocycles. The van der Waals surface area contributed by atoms with Crippen LogP contribution >= 0.6 is 0 Å². The van der Waals surface area contributed by atoms with Crippen LogP contribution in [0.3, 0.4) is 0 Å². The van der Waals surface area contributed by atoms with Crippen LogP contribution in [0.15, 0.2) is 65.0 Å². The molecule has 2 aromatic carbocycles. The number of allylic oxidation sites excluding steroid dienone is 3. The van der Waals surface area contributed by atoms with E-state index in [4.69, 9.17) is 23.7 Å². The molecule has 0 bridgehead atoms. The second-order valence-electron chi connectivity index (χ2n) is 9.50. The third-order valence-electron chi connectivity index (χ3n) is 7.31. The average Bonchev–Trinajstić information content (AvgIpc) is 3.40. The Bertz CT molecular complexity index is 1390. The molecule has 0 amide bonds. The van der Waals surface area contributed by atoms with E-state index in [-0.39, 0.29) is 20.0 Å². The summed E-state index contributed by atoms with van der Waals surface area (Å²) in [6, 6.07) is 12.7. The highest BCUT2D eigenvalue weighted by Crippen LogP contribution is 2.49. The Hall–Kier alpha value is -4.27. The molecule has 5 rings (SSSR count). The van der Waals surface area contributed by atoms with Crippen molar-refractivity contribution in [3.63, 3.8) is 0 Å². The lowest BCUT2D eigenvalue weighted by molar-refractivity contribution is -0.152. The number of ether oxygens (including phenoxy) is 5. The van der Waals surface area contributed by atoms with Crippen LogP contribution in [-0.4, -0.2) is 44.8 Å². The van der Waals surface area contributed by atoms with E-state index in [0.29, 0.717) is 51.8 Å². The molecule has 9 nitrogen and oxygen atoms in total. The molecule has 2 aliphatic heterocycles. The van der Waals surface area contributed by atoms with Crippen molar-refractivity contribution >= 4 is 17.7 Å². The van der Waals surface area contributed by atoms with Gasteiger partial charge >= 0.3 is 11.9 Å². The maximum atomic E-state index is 14.4. The first-order valence-electron chi connectivity index (χ1n) is 13.0. The summed E-state index contributed by atoms with van der Waals surface area (Å²) in [6.07, 6.45) is 0.353. The van der Waals surface area contributed by atoms with Gasteiger partial charge in [-0.2, -0.15) is 0 Å². The Morgan fingerprint density at radius 1 is 1.00 bits per heavy atom. The molecule has 0 saturated carbocycles. The van der Waals surface area contributed by atoms with Gasteiger partial charge in [0, 0.05) is 28.8 Å². The first kappa shape index (κ1) is 26.3. The smallest absolute Gasteiger partial charge is 0.336 e. The third-order valence-corrected chi connectivity index (χ3v) is 7.31. The Labute approximate surface area is 226 Å². The molecule has 0 radical (unpaired) electrons. The first-order valence-corrected chi connectivity index (χ1v) is 13.0. The van der Waals surface area contributed by atoms with Gasteiger partial charge in [0.1, 0.15) is 11.7 Å². The molecule has 1 aliphatic carbocycles. The van der Waals surface area contributed by atoms with Gasteiger partial charge in [0.2, 0.25) is 6.79 Å². The maximum absolute atomic E-state index is 14.4. The predicted octanol–water partition coefficient (Wildman–Crippen LogP) is 4.14. The van der Waals surface area contributed by atoms with E-state index in [1.165, 1.54) is 0 Å². The lowest BCUT2D eigenvalue weighted by atomic mass is 9.67. The van der Waals surface area contributed by atoms with E-state index < -0.39 is 35.5 Å². The Morgan fingerprint density at radius 3 is 2.51 bits per heavy atom. The second-order valence-corrected chi connectivity index (χ2v) is 9.50. The van der Waals surface area contributed by atoms with Gasteiger partial charge in [-0.15, -0.1) is 0 Å². The number of nitrogens with one attached hydrogen (secondary N) is 1. The Balaban J connectivity index is 1.67. The van der Waals surface area contributed by atoms with Gasteiger partial charge in [-0.05, 0) is 62.6 Å². The van der Waals surface area contributed by atoms with E-state index in [0.717, 1.165) is 5.56 Å². The number of dihydropyridines is 1. The third kappa shape index (κ3) is 4.73. The number of fused-ring (bicyclic) bond motifs is 1. The number of rotatable bonds is 7. The fourth-order valence-corrected chi connectivity index (χ4v) is 5.63. The molecule has 2 heterocycles. The van der Waals surface area contributed by atoms with Crippen LogP contribution in [-0.2, 0) is 23.9 Å². The van der Waals surface area contributed by atoms with Gasteiger partial charge in [0.15, 0.2) is 17.3 Å². The van der Waals surface area contributed by atoms with Gasteiger partial charge in [-0.1, -0.05) is 18.2 Å². The van der Waals surface area contributed by atoms with Gasteiger partial charge in [0.25, 0.3) is 0 Å². The summed E-state index contributed by atoms with van der Waals surface area (Å²) >= 11 is 0. The highest BCUT2D eigenvalue weighted by Gasteiger charge is 2.49. The number of carbonyl (C=O) groups is 3. The van der Waals surface area contributed by atoms with Gasteiger partial charge < -0.3 is 29.0 Å². The van der Waals surface area contributed by atoms with Gasteiger partial charge in [-0.3, -0.25) is 9.59 Å². The predicted molar refractivity (Wildman–Crippen MR) is 140 cm³/mol. The molecular formula is C30H31NO8. The first-order chi connectivity index (χ1) is 18.9. The van der Waals surface area contributed by atoms with Crippen molar-refractivity contribution in [3.8, 4) is 17.2 Å². The normalized spacial score (nSPS) is 21.7. The van der Waals surface area contributed by atoms with E-state index in [1.54, 1.807) is 46.1 Å². The molecule has 0 aromatic heterocycles. The lowest BCUT2D eigenvalue weighted by Gasteiger charge is -2.39. The van der Waals surface area contributed by atoms with Gasteiger partial charge in [-0.25, -0.2) is 4.79 Å². The van der Waals surface area contributed by atoms with Crippen molar-refractivity contribution in [2.75, 3.05) is 27.1 Å². The number of Topliss-reactive ketones (excluding diaryl/α,β-unsaturated/α-hetero) is 1. The summed E-state index contributed by atoms with van der Waals surface area (Å²) in [5.41, 5.74) is 3.34. The van der Waals surface area contributed by atoms with Crippen molar-refractivity contribution in [2.24, 2.45) is 5.92 Å². The quantitative estimate of drug-likeness (QED) is 0.415. The number of hydrogen-bond acceptors (Lipinski definition) is 9. The second kappa shape index (κ2) is 10.8. The summed E-state index contributed by atoms with van der Waals surface area (Å²) in [5.74, 6) is -2.17. The van der Waals surface area contributed by atoms with Crippen molar-refractivity contribution in [1.82, 2.24) is 5.32 Å². The van der Waals surface area contributed by atoms with Crippen LogP contribution in [0.1, 0.15) is 50.2 Å². The SMILES string of the molecule is CCOC(=O)C1=C(C)NC2=C(C(=O)[C@H](C(=O)OCC)[C@H](c3cccc(OC)c3)C2)[C@H]1c1ccc2c(c1)OCO2. The fourth-order valence-electron chi connectivity index (χ4n) is 5.63. The standard InChI is InChI=1S/C30H31NO8/c1-5-36-29(33)24-16(3)31-21-14-20(17-8-7-9-19(12-17)35-4)26(30(34)37-6-2)28(32)27(21)25(24)18-10-11-22-23(13-18)39-15-38-22/h7-13,20,25-26,31H,5-6,14-15H2,1-4H3/t20-,25-,26+/m0/s1. The minimum Gasteiger partial charge on any atom is -0.497 e. The zero-order chi connectivity index (χ0) is 27.7. The zero-order valence-electron chi connectivity index (χ0n) is 22.4. The van der Waals surface area contributed by atoms with Crippen molar-refractivity contribution in [2.45, 2.75) is 39.0 Å². The summed E-state index contributed by atoms with van der Waals surface area (Å²) in [4.78, 5) is 41.0. The van der Waals surface area contributed by atoms with Crippen molar-refractivity contribution in [1.29, 1.82) is 0 Å². The highest BCUT2D eigenvalue weighted by molar-refractivity contribution is 6.13. The molecule has 204 valence electrons. The average molecular weight is 534 g/mol. The van der Waals surface area contributed by atoms with Crippen LogP contribution in [0.5, 0.6) is 17.2 Å². The molecule has 0 unspecified atom stereocenters. The fraction of sp³-hybridized carbons (Fsp3) is 0.367. The van der Waals surface area contributed by atoms with Crippen molar-refractivity contribution < 1.29 is 38.1 Å². The molecule has 0 fully saturated rings. The van der Waals surface area contributed by atoms with Gasteiger partial charge in [0.05, 0.1) is 25.9 Å². The number of hydrogen-bond donors (Lipinski definition) is 1. The molecule has 3 aliphatic rings. The number of benzene rings is 2. The summed E-state index contributed by atoms with van der Waals surface area (Å²) in [6.45, 7) is 5.62. The number of ketones is 1. The molecule has 9 heteroatoms. The van der Waals surface area contributed by atoms with E-state index in [2.05, 4.69) is 5.32 Å². The van der Waals surface area contributed by atoms with E-state index in [1.807, 2.05) is 24.3 Å². The van der Waals surface area contributed by atoms with Crippen LogP contribution in [0.25, 0.3) is 0 Å². The largest absolute Gasteiger partial charge is 0.497 e. The highest BCUT2D eigenvalue weighted by atomic mass is 16.7. The number of esters is 2. The topological polar surface area (TPSA) is 109 Å². The maximum Gasteiger partial charge on any atom is 0.336 e.